The van der Waals surface area contributed by atoms with E-state index in [0.717, 1.165) is 18.6 Å². The first kappa shape index (κ1) is 12.3. The van der Waals surface area contributed by atoms with E-state index in [1.807, 2.05) is 0 Å². The van der Waals surface area contributed by atoms with Crippen LogP contribution in [0.15, 0.2) is 60.7 Å². The predicted octanol–water partition coefficient (Wildman–Crippen LogP) is 4.33. The van der Waals surface area contributed by atoms with Crippen molar-refractivity contribution < 1.29 is 0 Å². The fourth-order valence-electron chi connectivity index (χ4n) is 2.07. The second kappa shape index (κ2) is 6.51. The smallest absolute Gasteiger partial charge is 0.00288 e. The van der Waals surface area contributed by atoms with Gasteiger partial charge >= 0.3 is 0 Å². The lowest BCUT2D eigenvalue weighted by Crippen LogP contribution is -2.02. The zero-order valence-corrected chi connectivity index (χ0v) is 10.8. The van der Waals surface area contributed by atoms with Gasteiger partial charge in [-0.2, -0.15) is 12.6 Å². The van der Waals surface area contributed by atoms with Crippen LogP contribution in [0.5, 0.6) is 0 Å². The molecule has 0 aliphatic carbocycles. The summed E-state index contributed by atoms with van der Waals surface area (Å²) in [5.74, 6) is 1.47. The lowest BCUT2D eigenvalue weighted by Gasteiger charge is -2.14. The third kappa shape index (κ3) is 3.64. The molecule has 0 fully saturated rings. The first-order chi connectivity index (χ1) is 8.40. The van der Waals surface area contributed by atoms with Gasteiger partial charge in [0.05, 0.1) is 0 Å². The van der Waals surface area contributed by atoms with Crippen molar-refractivity contribution in [1.29, 1.82) is 0 Å². The van der Waals surface area contributed by atoms with Crippen LogP contribution in [0.2, 0.25) is 0 Å². The lowest BCUT2D eigenvalue weighted by molar-refractivity contribution is 0.690. The summed E-state index contributed by atoms with van der Waals surface area (Å²) in [5.41, 5.74) is 2.81. The van der Waals surface area contributed by atoms with Crippen molar-refractivity contribution in [2.24, 2.45) is 0 Å². The Hall–Kier alpha value is -1.21. The third-order valence-corrected chi connectivity index (χ3v) is 3.56. The van der Waals surface area contributed by atoms with E-state index < -0.39 is 0 Å². The SMILES string of the molecule is SCC(CCc1ccccc1)c1ccccc1. The highest BCUT2D eigenvalue weighted by Crippen LogP contribution is 2.22. The van der Waals surface area contributed by atoms with Crippen molar-refractivity contribution in [3.63, 3.8) is 0 Å². The van der Waals surface area contributed by atoms with Crippen molar-refractivity contribution >= 4 is 12.6 Å². The monoisotopic (exact) mass is 242 g/mol. The van der Waals surface area contributed by atoms with Crippen LogP contribution in [0.4, 0.5) is 0 Å². The van der Waals surface area contributed by atoms with Crippen molar-refractivity contribution in [3.05, 3.63) is 71.8 Å². The van der Waals surface area contributed by atoms with Crippen molar-refractivity contribution in [3.8, 4) is 0 Å². The predicted molar refractivity (Wildman–Crippen MR) is 77.8 cm³/mol. The Labute approximate surface area is 109 Å². The van der Waals surface area contributed by atoms with Crippen LogP contribution < -0.4 is 0 Å². The van der Waals surface area contributed by atoms with Crippen molar-refractivity contribution in [2.45, 2.75) is 18.8 Å². The van der Waals surface area contributed by atoms with E-state index in [2.05, 4.69) is 73.3 Å². The number of thiol groups is 1. The van der Waals surface area contributed by atoms with Crippen LogP contribution in [0.25, 0.3) is 0 Å². The minimum absolute atomic E-state index is 0.555. The van der Waals surface area contributed by atoms with Gasteiger partial charge in [-0.05, 0) is 35.6 Å². The molecule has 2 aromatic carbocycles. The molecule has 0 amide bonds. The van der Waals surface area contributed by atoms with E-state index in [0.29, 0.717) is 5.92 Å². The second-order valence-corrected chi connectivity index (χ2v) is 4.68. The maximum atomic E-state index is 4.47. The lowest BCUT2D eigenvalue weighted by atomic mass is 9.94. The summed E-state index contributed by atoms with van der Waals surface area (Å²) < 4.78 is 0. The molecule has 0 aliphatic heterocycles. The quantitative estimate of drug-likeness (QED) is 0.741. The second-order valence-electron chi connectivity index (χ2n) is 4.31. The van der Waals surface area contributed by atoms with E-state index in [1.54, 1.807) is 0 Å². The summed E-state index contributed by atoms with van der Waals surface area (Å²) in [6.07, 6.45) is 2.29. The molecular formula is C16H18S. The van der Waals surface area contributed by atoms with Gasteiger partial charge in [0.1, 0.15) is 0 Å². The average Bonchev–Trinajstić information content (AvgIpc) is 2.42. The van der Waals surface area contributed by atoms with Crippen molar-refractivity contribution in [2.75, 3.05) is 5.75 Å². The average molecular weight is 242 g/mol. The molecule has 0 aliphatic rings. The van der Waals surface area contributed by atoms with Crippen LogP contribution in [0, 0.1) is 0 Å². The minimum Gasteiger partial charge on any atom is -0.179 e. The molecule has 0 nitrogen and oxygen atoms in total. The van der Waals surface area contributed by atoms with E-state index in [9.17, 15) is 0 Å². The Bertz CT molecular complexity index is 422. The molecule has 1 heteroatoms. The Kier molecular flexibility index (Phi) is 4.69. The van der Waals surface area contributed by atoms with E-state index in [-0.39, 0.29) is 0 Å². The molecule has 17 heavy (non-hydrogen) atoms. The molecule has 88 valence electrons. The standard InChI is InChI=1S/C16H18S/c17-13-16(15-9-5-2-6-10-15)12-11-14-7-3-1-4-8-14/h1-10,16-17H,11-13H2. The molecule has 1 atom stereocenters. The van der Waals surface area contributed by atoms with Gasteiger partial charge in [0.25, 0.3) is 0 Å². The zero-order valence-electron chi connectivity index (χ0n) is 9.92. The summed E-state index contributed by atoms with van der Waals surface area (Å²) in [6.45, 7) is 0. The van der Waals surface area contributed by atoms with Crippen LogP contribution in [0.3, 0.4) is 0 Å². The van der Waals surface area contributed by atoms with Gasteiger partial charge in [0.15, 0.2) is 0 Å². The normalized spacial score (nSPS) is 12.3. The first-order valence-corrected chi connectivity index (χ1v) is 6.73. The summed E-state index contributed by atoms with van der Waals surface area (Å²) in [6, 6.07) is 21.3. The molecule has 0 spiro atoms. The highest BCUT2D eigenvalue weighted by molar-refractivity contribution is 7.80. The van der Waals surface area contributed by atoms with Gasteiger partial charge < -0.3 is 0 Å². The van der Waals surface area contributed by atoms with Gasteiger partial charge in [-0.25, -0.2) is 0 Å². The molecule has 1 unspecified atom stereocenters. The highest BCUT2D eigenvalue weighted by atomic mass is 32.1. The molecule has 0 saturated heterocycles. The fraction of sp³-hybridized carbons (Fsp3) is 0.250. The third-order valence-electron chi connectivity index (χ3n) is 3.12. The summed E-state index contributed by atoms with van der Waals surface area (Å²) in [7, 11) is 0. The van der Waals surface area contributed by atoms with E-state index >= 15 is 0 Å². The van der Waals surface area contributed by atoms with Gasteiger partial charge in [0.2, 0.25) is 0 Å². The molecular weight excluding hydrogens is 224 g/mol. The molecule has 0 bridgehead atoms. The molecule has 2 rings (SSSR count). The Balaban J connectivity index is 1.97. The molecule has 2 aromatic rings. The Morgan fingerprint density at radius 3 is 2.00 bits per heavy atom. The first-order valence-electron chi connectivity index (χ1n) is 6.10. The van der Waals surface area contributed by atoms with Gasteiger partial charge in [-0.15, -0.1) is 0 Å². The number of rotatable bonds is 5. The number of hydrogen-bond donors (Lipinski definition) is 1. The highest BCUT2D eigenvalue weighted by Gasteiger charge is 2.09. The summed E-state index contributed by atoms with van der Waals surface area (Å²) in [5, 5.41) is 0. The van der Waals surface area contributed by atoms with E-state index in [4.69, 9.17) is 0 Å². The molecule has 0 aromatic heterocycles. The van der Waals surface area contributed by atoms with Crippen LogP contribution in [-0.2, 0) is 6.42 Å². The fourth-order valence-corrected chi connectivity index (χ4v) is 2.47. The van der Waals surface area contributed by atoms with Gasteiger partial charge in [-0.1, -0.05) is 60.7 Å². The van der Waals surface area contributed by atoms with Crippen LogP contribution in [0.1, 0.15) is 23.5 Å². The largest absolute Gasteiger partial charge is 0.179 e. The van der Waals surface area contributed by atoms with Crippen LogP contribution in [-0.4, -0.2) is 5.75 Å². The topological polar surface area (TPSA) is 0 Å². The van der Waals surface area contributed by atoms with E-state index in [1.165, 1.54) is 11.1 Å². The number of aryl methyl sites for hydroxylation is 1. The molecule has 0 saturated carbocycles. The van der Waals surface area contributed by atoms with Crippen molar-refractivity contribution in [1.82, 2.24) is 0 Å². The molecule has 0 radical (unpaired) electrons. The minimum atomic E-state index is 0.555. The van der Waals surface area contributed by atoms with Gasteiger partial charge in [0, 0.05) is 0 Å². The Morgan fingerprint density at radius 1 is 0.824 bits per heavy atom. The van der Waals surface area contributed by atoms with Gasteiger partial charge in [-0.3, -0.25) is 0 Å². The summed E-state index contributed by atoms with van der Waals surface area (Å²) >= 11 is 4.47. The molecule has 0 N–H and O–H groups in total. The number of benzene rings is 2. The molecule has 0 heterocycles. The Morgan fingerprint density at radius 2 is 1.41 bits per heavy atom. The van der Waals surface area contributed by atoms with Crippen LogP contribution >= 0.6 is 12.6 Å². The zero-order chi connectivity index (χ0) is 11.9. The number of hydrogen-bond acceptors (Lipinski definition) is 1. The maximum absolute atomic E-state index is 4.47. The summed E-state index contributed by atoms with van der Waals surface area (Å²) in [4.78, 5) is 0. The maximum Gasteiger partial charge on any atom is -0.00288 e.